The fourth-order valence-electron chi connectivity index (χ4n) is 3.00. The predicted molar refractivity (Wildman–Crippen MR) is 106 cm³/mol. The topological polar surface area (TPSA) is 50.4 Å². The van der Waals surface area contributed by atoms with Crippen LogP contribution in [-0.4, -0.2) is 19.5 Å². The van der Waals surface area contributed by atoms with Crippen LogP contribution in [-0.2, 0) is 6.61 Å². The van der Waals surface area contributed by atoms with Crippen molar-refractivity contribution in [1.82, 2.24) is 14.4 Å². The summed E-state index contributed by atoms with van der Waals surface area (Å²) in [4.78, 5) is 8.86. The van der Waals surface area contributed by atoms with Crippen molar-refractivity contribution in [3.8, 4) is 22.4 Å². The lowest BCUT2D eigenvalue weighted by Gasteiger charge is -2.10. The number of aliphatic hydroxyl groups is 1. The summed E-state index contributed by atoms with van der Waals surface area (Å²) >= 11 is 0. The Bertz CT molecular complexity index is 1010. The van der Waals surface area contributed by atoms with E-state index in [0.29, 0.717) is 5.69 Å². The second-order valence-corrected chi connectivity index (χ2v) is 5.77. The van der Waals surface area contributed by atoms with Crippen LogP contribution in [0.2, 0.25) is 0 Å². The first-order valence-corrected chi connectivity index (χ1v) is 8.86. The number of aliphatic hydroxyl groups excluding tert-OH is 1. The molecule has 0 bridgehead atoms. The Morgan fingerprint density at radius 1 is 0.923 bits per heavy atom. The van der Waals surface area contributed by atoms with Gasteiger partial charge in [0.25, 0.3) is 0 Å². The summed E-state index contributed by atoms with van der Waals surface area (Å²) in [5.41, 5.74) is 7.01. The molecule has 1 N–H and O–H groups in total. The molecule has 0 fully saturated rings. The molecule has 4 nitrogen and oxygen atoms in total. The molecule has 0 saturated carbocycles. The van der Waals surface area contributed by atoms with Gasteiger partial charge < -0.3 is 9.51 Å². The standard InChI is InChI=1S/C20H17N3O.C2H6/c1-14-17(15-6-3-2-4-7-15)8-5-9-18(14)19-12-23-11-16(13-24)21-10-20(23)22-19;1-2/h2-12,24H,13H2,1H3;1-2H3. The highest BCUT2D eigenvalue weighted by molar-refractivity contribution is 5.77. The third-order valence-electron chi connectivity index (χ3n) is 4.25. The number of rotatable bonds is 3. The molecule has 0 unspecified atom stereocenters. The number of nitrogens with zero attached hydrogens (tertiary/aromatic N) is 3. The van der Waals surface area contributed by atoms with Gasteiger partial charge in [-0.25, -0.2) is 4.98 Å². The smallest absolute Gasteiger partial charge is 0.155 e. The number of hydrogen-bond acceptors (Lipinski definition) is 3. The van der Waals surface area contributed by atoms with Crippen molar-refractivity contribution in [2.24, 2.45) is 0 Å². The molecule has 2 heterocycles. The van der Waals surface area contributed by atoms with Gasteiger partial charge in [0.05, 0.1) is 24.2 Å². The van der Waals surface area contributed by atoms with Crippen LogP contribution < -0.4 is 0 Å². The molecule has 4 aromatic rings. The second-order valence-electron chi connectivity index (χ2n) is 5.77. The Balaban J connectivity index is 0.000000948. The molecule has 26 heavy (non-hydrogen) atoms. The van der Waals surface area contributed by atoms with Crippen LogP contribution in [0, 0.1) is 6.92 Å². The number of hydrogen-bond donors (Lipinski definition) is 1. The van der Waals surface area contributed by atoms with Crippen molar-refractivity contribution in [2.75, 3.05) is 0 Å². The SMILES string of the molecule is CC.Cc1c(-c2ccccc2)cccc1-c1cn2cc(CO)ncc2n1. The Morgan fingerprint density at radius 2 is 1.65 bits per heavy atom. The molecule has 0 amide bonds. The van der Waals surface area contributed by atoms with Gasteiger partial charge in [0.1, 0.15) is 0 Å². The van der Waals surface area contributed by atoms with E-state index in [1.54, 1.807) is 6.20 Å². The first kappa shape index (κ1) is 17.8. The maximum Gasteiger partial charge on any atom is 0.155 e. The lowest BCUT2D eigenvalue weighted by Crippen LogP contribution is -1.92. The van der Waals surface area contributed by atoms with Gasteiger partial charge in [-0.15, -0.1) is 0 Å². The minimum absolute atomic E-state index is 0.0774. The molecule has 0 aliphatic rings. The van der Waals surface area contributed by atoms with Gasteiger partial charge >= 0.3 is 0 Å². The van der Waals surface area contributed by atoms with Crippen molar-refractivity contribution in [2.45, 2.75) is 27.4 Å². The fourth-order valence-corrected chi connectivity index (χ4v) is 3.00. The van der Waals surface area contributed by atoms with Crippen molar-refractivity contribution in [3.05, 3.63) is 78.4 Å². The number of imidazole rings is 1. The van der Waals surface area contributed by atoms with E-state index in [0.717, 1.165) is 16.9 Å². The van der Waals surface area contributed by atoms with E-state index >= 15 is 0 Å². The molecule has 0 aliphatic heterocycles. The lowest BCUT2D eigenvalue weighted by atomic mass is 9.95. The van der Waals surface area contributed by atoms with Gasteiger partial charge in [0.2, 0.25) is 0 Å². The number of aromatic nitrogens is 3. The molecule has 0 spiro atoms. The molecule has 132 valence electrons. The molecule has 4 rings (SSSR count). The number of fused-ring (bicyclic) bond motifs is 1. The molecule has 0 saturated heterocycles. The minimum Gasteiger partial charge on any atom is -0.390 e. The van der Waals surface area contributed by atoms with Gasteiger partial charge in [0, 0.05) is 18.0 Å². The zero-order valence-electron chi connectivity index (χ0n) is 15.3. The normalized spacial score (nSPS) is 10.5. The van der Waals surface area contributed by atoms with Crippen LogP contribution in [0.3, 0.4) is 0 Å². The lowest BCUT2D eigenvalue weighted by molar-refractivity contribution is 0.276. The maximum absolute atomic E-state index is 9.23. The molecule has 0 atom stereocenters. The Kier molecular flexibility index (Phi) is 5.44. The van der Waals surface area contributed by atoms with E-state index in [1.165, 1.54) is 16.7 Å². The zero-order chi connectivity index (χ0) is 18.5. The first-order chi connectivity index (χ1) is 12.8. The van der Waals surface area contributed by atoms with Crippen LogP contribution in [0.5, 0.6) is 0 Å². The van der Waals surface area contributed by atoms with Crippen LogP contribution >= 0.6 is 0 Å². The molecule has 0 radical (unpaired) electrons. The van der Waals surface area contributed by atoms with Crippen molar-refractivity contribution >= 4 is 5.65 Å². The van der Waals surface area contributed by atoms with Crippen molar-refractivity contribution < 1.29 is 5.11 Å². The predicted octanol–water partition coefficient (Wildman–Crippen LogP) is 4.89. The third-order valence-corrected chi connectivity index (χ3v) is 4.25. The van der Waals surface area contributed by atoms with Gasteiger partial charge in [-0.05, 0) is 23.6 Å². The highest BCUT2D eigenvalue weighted by Gasteiger charge is 2.11. The summed E-state index contributed by atoms with van der Waals surface area (Å²) < 4.78 is 1.91. The average molecular weight is 345 g/mol. The molecular weight excluding hydrogens is 322 g/mol. The van der Waals surface area contributed by atoms with E-state index in [9.17, 15) is 5.11 Å². The van der Waals surface area contributed by atoms with Crippen LogP contribution in [0.4, 0.5) is 0 Å². The van der Waals surface area contributed by atoms with Gasteiger partial charge in [-0.2, -0.15) is 0 Å². The largest absolute Gasteiger partial charge is 0.390 e. The Morgan fingerprint density at radius 3 is 2.38 bits per heavy atom. The summed E-state index contributed by atoms with van der Waals surface area (Å²) in [7, 11) is 0. The summed E-state index contributed by atoms with van der Waals surface area (Å²) in [6.07, 6.45) is 5.47. The van der Waals surface area contributed by atoms with E-state index in [1.807, 2.05) is 36.7 Å². The van der Waals surface area contributed by atoms with E-state index in [2.05, 4.69) is 59.4 Å². The average Bonchev–Trinajstić information content (AvgIpc) is 3.13. The van der Waals surface area contributed by atoms with E-state index in [-0.39, 0.29) is 6.61 Å². The van der Waals surface area contributed by atoms with Crippen molar-refractivity contribution in [1.29, 1.82) is 0 Å². The fraction of sp³-hybridized carbons (Fsp3) is 0.182. The first-order valence-electron chi connectivity index (χ1n) is 8.86. The molecule has 4 heteroatoms. The summed E-state index contributed by atoms with van der Waals surface area (Å²) in [6, 6.07) is 16.6. The van der Waals surface area contributed by atoms with E-state index in [4.69, 9.17) is 0 Å². The van der Waals surface area contributed by atoms with Crippen LogP contribution in [0.15, 0.2) is 67.1 Å². The van der Waals surface area contributed by atoms with E-state index < -0.39 is 0 Å². The highest BCUT2D eigenvalue weighted by Crippen LogP contribution is 2.31. The minimum atomic E-state index is -0.0774. The third kappa shape index (κ3) is 3.37. The Labute approximate surface area is 153 Å². The summed E-state index contributed by atoms with van der Waals surface area (Å²) in [5.74, 6) is 0. The van der Waals surface area contributed by atoms with Crippen molar-refractivity contribution in [3.63, 3.8) is 0 Å². The maximum atomic E-state index is 9.23. The Hall–Kier alpha value is -2.98. The quantitative estimate of drug-likeness (QED) is 0.575. The molecule has 0 aliphatic carbocycles. The summed E-state index contributed by atoms with van der Waals surface area (Å²) in [6.45, 7) is 6.05. The van der Waals surface area contributed by atoms with Gasteiger partial charge in [-0.1, -0.05) is 62.4 Å². The monoisotopic (exact) mass is 345 g/mol. The molecule has 2 aromatic heterocycles. The highest BCUT2D eigenvalue weighted by atomic mass is 16.3. The zero-order valence-corrected chi connectivity index (χ0v) is 15.3. The van der Waals surface area contributed by atoms with Crippen LogP contribution in [0.1, 0.15) is 25.1 Å². The molecule has 2 aromatic carbocycles. The molecular formula is C22H23N3O. The van der Waals surface area contributed by atoms with Gasteiger partial charge in [-0.3, -0.25) is 4.98 Å². The number of benzene rings is 2. The second kappa shape index (κ2) is 7.93. The summed E-state index contributed by atoms with van der Waals surface area (Å²) in [5, 5.41) is 9.23. The van der Waals surface area contributed by atoms with Crippen LogP contribution in [0.25, 0.3) is 28.0 Å². The van der Waals surface area contributed by atoms with Gasteiger partial charge in [0.15, 0.2) is 5.65 Å².